The Balaban J connectivity index is 2.19. The lowest BCUT2D eigenvalue weighted by Crippen LogP contribution is -2.49. The molecule has 1 fully saturated rings. The highest BCUT2D eigenvalue weighted by atomic mass is 16.6. The molecule has 1 heterocycles. The van der Waals surface area contributed by atoms with Gasteiger partial charge in [-0.05, 0) is 32.1 Å². The molecule has 0 aromatic heterocycles. The Labute approximate surface area is 153 Å². The summed E-state index contributed by atoms with van der Waals surface area (Å²) in [5.74, 6) is -0.268. The third kappa shape index (κ3) is 9.13. The van der Waals surface area contributed by atoms with Crippen molar-refractivity contribution in [3.63, 3.8) is 0 Å². The van der Waals surface area contributed by atoms with E-state index in [9.17, 15) is 9.59 Å². The molecular formula is C20H37NO4. The summed E-state index contributed by atoms with van der Waals surface area (Å²) in [5.41, 5.74) is 0. The zero-order valence-electron chi connectivity index (χ0n) is 16.3. The molecule has 0 spiro atoms. The molecule has 1 aliphatic rings. The van der Waals surface area contributed by atoms with Crippen molar-refractivity contribution >= 4 is 12.1 Å². The first-order chi connectivity index (χ1) is 12.2. The molecule has 5 nitrogen and oxygen atoms in total. The van der Waals surface area contributed by atoms with Crippen LogP contribution in [-0.2, 0) is 14.3 Å². The lowest BCUT2D eigenvalue weighted by atomic mass is 10.0. The predicted octanol–water partition coefficient (Wildman–Crippen LogP) is 5.07. The van der Waals surface area contributed by atoms with Gasteiger partial charge in [0, 0.05) is 6.54 Å². The van der Waals surface area contributed by atoms with E-state index in [-0.39, 0.29) is 12.1 Å². The second-order valence-corrected chi connectivity index (χ2v) is 6.96. The van der Waals surface area contributed by atoms with Gasteiger partial charge in [0.1, 0.15) is 6.04 Å². The summed E-state index contributed by atoms with van der Waals surface area (Å²) in [7, 11) is 0. The molecule has 0 bridgehead atoms. The van der Waals surface area contributed by atoms with E-state index in [1.807, 2.05) is 6.92 Å². The first-order valence-corrected chi connectivity index (χ1v) is 10.3. The number of amides is 1. The number of likely N-dealkylation sites (tertiary alicyclic amines) is 1. The number of carbonyl (C=O) groups is 2. The monoisotopic (exact) mass is 355 g/mol. The summed E-state index contributed by atoms with van der Waals surface area (Å²) in [4.78, 5) is 26.0. The maximum Gasteiger partial charge on any atom is 0.410 e. The molecule has 0 saturated carbocycles. The standard InChI is InChI=1S/C20H37NO4/c1-3-5-6-7-8-9-10-13-17-24-19(22)18-14-11-12-15-21(18)20(23)25-16-4-2/h18H,3-17H2,1-2H3. The van der Waals surface area contributed by atoms with Gasteiger partial charge in [-0.15, -0.1) is 0 Å². The van der Waals surface area contributed by atoms with E-state index in [0.717, 1.165) is 32.1 Å². The first-order valence-electron chi connectivity index (χ1n) is 10.3. The highest BCUT2D eigenvalue weighted by Crippen LogP contribution is 2.19. The molecule has 0 aromatic rings. The van der Waals surface area contributed by atoms with Crippen molar-refractivity contribution in [1.29, 1.82) is 0 Å². The average molecular weight is 356 g/mol. The van der Waals surface area contributed by atoms with Crippen LogP contribution in [0.1, 0.15) is 90.9 Å². The van der Waals surface area contributed by atoms with E-state index in [0.29, 0.717) is 26.2 Å². The molecule has 1 unspecified atom stereocenters. The Morgan fingerprint density at radius 2 is 1.52 bits per heavy atom. The number of rotatable bonds is 12. The molecule has 1 atom stereocenters. The topological polar surface area (TPSA) is 55.8 Å². The second kappa shape index (κ2) is 14.0. The number of unbranched alkanes of at least 4 members (excludes halogenated alkanes) is 7. The fourth-order valence-electron chi connectivity index (χ4n) is 3.17. The van der Waals surface area contributed by atoms with Crippen molar-refractivity contribution in [2.75, 3.05) is 19.8 Å². The Morgan fingerprint density at radius 1 is 0.840 bits per heavy atom. The van der Waals surface area contributed by atoms with Gasteiger partial charge in [0.15, 0.2) is 0 Å². The molecule has 1 amide bonds. The number of nitrogens with zero attached hydrogens (tertiary/aromatic N) is 1. The smallest absolute Gasteiger partial charge is 0.410 e. The number of hydrogen-bond donors (Lipinski definition) is 0. The van der Waals surface area contributed by atoms with Crippen LogP contribution in [0.5, 0.6) is 0 Å². The lowest BCUT2D eigenvalue weighted by molar-refractivity contribution is -0.150. The van der Waals surface area contributed by atoms with E-state index in [2.05, 4.69) is 6.92 Å². The number of piperidine rings is 1. The lowest BCUT2D eigenvalue weighted by Gasteiger charge is -2.33. The quantitative estimate of drug-likeness (QED) is 0.362. The largest absolute Gasteiger partial charge is 0.464 e. The van der Waals surface area contributed by atoms with Gasteiger partial charge in [0.05, 0.1) is 13.2 Å². The highest BCUT2D eigenvalue weighted by Gasteiger charge is 2.34. The van der Waals surface area contributed by atoms with Gasteiger partial charge in [-0.1, -0.05) is 58.8 Å². The molecule has 1 saturated heterocycles. The summed E-state index contributed by atoms with van der Waals surface area (Å²) >= 11 is 0. The van der Waals surface area contributed by atoms with Crippen LogP contribution < -0.4 is 0 Å². The second-order valence-electron chi connectivity index (χ2n) is 6.96. The SMILES string of the molecule is CCCCCCCCCCOC(=O)C1CCCCN1C(=O)OCCC. The normalized spacial score (nSPS) is 17.4. The predicted molar refractivity (Wildman–Crippen MR) is 99.6 cm³/mol. The van der Waals surface area contributed by atoms with Gasteiger partial charge in [-0.25, -0.2) is 9.59 Å². The number of esters is 1. The summed E-state index contributed by atoms with van der Waals surface area (Å²) in [6.07, 6.45) is 12.7. The zero-order chi connectivity index (χ0) is 18.3. The molecule has 25 heavy (non-hydrogen) atoms. The molecule has 0 radical (unpaired) electrons. The van der Waals surface area contributed by atoms with Crippen molar-refractivity contribution in [2.24, 2.45) is 0 Å². The van der Waals surface area contributed by atoms with Gasteiger partial charge in [0.25, 0.3) is 0 Å². The van der Waals surface area contributed by atoms with Crippen LogP contribution in [-0.4, -0.2) is 42.8 Å². The molecule has 5 heteroatoms. The molecular weight excluding hydrogens is 318 g/mol. The van der Waals surface area contributed by atoms with Crippen molar-refractivity contribution in [3.8, 4) is 0 Å². The van der Waals surface area contributed by atoms with Crippen LogP contribution >= 0.6 is 0 Å². The van der Waals surface area contributed by atoms with E-state index < -0.39 is 6.04 Å². The van der Waals surface area contributed by atoms with Crippen LogP contribution in [0.2, 0.25) is 0 Å². The van der Waals surface area contributed by atoms with E-state index >= 15 is 0 Å². The van der Waals surface area contributed by atoms with Crippen LogP contribution in [0.25, 0.3) is 0 Å². The minimum absolute atomic E-state index is 0.268. The Hall–Kier alpha value is -1.26. The molecule has 0 N–H and O–H groups in total. The number of carbonyl (C=O) groups excluding carboxylic acids is 2. The highest BCUT2D eigenvalue weighted by molar-refractivity contribution is 5.81. The van der Waals surface area contributed by atoms with Crippen LogP contribution in [0.4, 0.5) is 4.79 Å². The third-order valence-electron chi connectivity index (χ3n) is 4.68. The zero-order valence-corrected chi connectivity index (χ0v) is 16.3. The van der Waals surface area contributed by atoms with Crippen LogP contribution in [0.3, 0.4) is 0 Å². The van der Waals surface area contributed by atoms with Gasteiger partial charge < -0.3 is 9.47 Å². The molecule has 146 valence electrons. The van der Waals surface area contributed by atoms with Gasteiger partial charge >= 0.3 is 12.1 Å². The van der Waals surface area contributed by atoms with Gasteiger partial charge in [-0.3, -0.25) is 4.90 Å². The summed E-state index contributed by atoms with van der Waals surface area (Å²) in [5, 5.41) is 0. The first kappa shape index (κ1) is 21.8. The maximum atomic E-state index is 12.3. The fourth-order valence-corrected chi connectivity index (χ4v) is 3.17. The van der Waals surface area contributed by atoms with Crippen molar-refractivity contribution in [2.45, 2.75) is 96.9 Å². The van der Waals surface area contributed by atoms with Crippen LogP contribution in [0.15, 0.2) is 0 Å². The summed E-state index contributed by atoms with van der Waals surface area (Å²) in [6, 6.07) is -0.466. The maximum absolute atomic E-state index is 12.3. The fraction of sp³-hybridized carbons (Fsp3) is 0.900. The minimum atomic E-state index is -0.466. The number of hydrogen-bond acceptors (Lipinski definition) is 4. The third-order valence-corrected chi connectivity index (χ3v) is 4.68. The molecule has 0 aromatic carbocycles. The van der Waals surface area contributed by atoms with Gasteiger partial charge in [-0.2, -0.15) is 0 Å². The average Bonchev–Trinajstić information content (AvgIpc) is 2.64. The Morgan fingerprint density at radius 3 is 2.20 bits per heavy atom. The Bertz CT molecular complexity index is 373. The van der Waals surface area contributed by atoms with Crippen molar-refractivity contribution < 1.29 is 19.1 Å². The molecule has 0 aliphatic carbocycles. The Kier molecular flexibility index (Phi) is 12.2. The van der Waals surface area contributed by atoms with Crippen LogP contribution in [0, 0.1) is 0 Å². The van der Waals surface area contributed by atoms with E-state index in [1.165, 1.54) is 38.5 Å². The van der Waals surface area contributed by atoms with E-state index in [1.54, 1.807) is 4.90 Å². The minimum Gasteiger partial charge on any atom is -0.464 e. The summed E-state index contributed by atoms with van der Waals surface area (Å²) < 4.78 is 10.6. The number of ether oxygens (including phenoxy) is 2. The molecule has 1 rings (SSSR count). The van der Waals surface area contributed by atoms with E-state index in [4.69, 9.17) is 9.47 Å². The van der Waals surface area contributed by atoms with Crippen molar-refractivity contribution in [3.05, 3.63) is 0 Å². The summed E-state index contributed by atoms with van der Waals surface area (Å²) in [6.45, 7) is 5.63. The van der Waals surface area contributed by atoms with Crippen molar-refractivity contribution in [1.82, 2.24) is 4.90 Å². The molecule has 1 aliphatic heterocycles. The van der Waals surface area contributed by atoms with Gasteiger partial charge in [0.2, 0.25) is 0 Å².